The molecule has 3 rings (SSSR count). The zero-order chi connectivity index (χ0) is 21.9. The minimum atomic E-state index is -3.38. The summed E-state index contributed by atoms with van der Waals surface area (Å²) < 4.78 is 33.9. The topological polar surface area (TPSA) is 110 Å². The van der Waals surface area contributed by atoms with Crippen LogP contribution < -0.4 is 9.46 Å². The molecule has 0 unspecified atom stereocenters. The Morgan fingerprint density at radius 3 is 2.67 bits per heavy atom. The van der Waals surface area contributed by atoms with E-state index in [1.54, 1.807) is 6.07 Å². The van der Waals surface area contributed by atoms with E-state index in [4.69, 9.17) is 4.74 Å². The molecule has 0 radical (unpaired) electrons. The van der Waals surface area contributed by atoms with Crippen LogP contribution in [0.3, 0.4) is 0 Å². The monoisotopic (exact) mass is 437 g/mol. The number of sulfonamides is 1. The molecule has 2 heterocycles. The van der Waals surface area contributed by atoms with Gasteiger partial charge in [-0.2, -0.15) is 0 Å². The van der Waals surface area contributed by atoms with Gasteiger partial charge in [0.25, 0.3) is 0 Å². The van der Waals surface area contributed by atoms with E-state index in [-0.39, 0.29) is 11.7 Å². The Kier molecular flexibility index (Phi) is 6.99. The molecule has 0 saturated carbocycles. The number of phenols is 1. The van der Waals surface area contributed by atoms with Crippen molar-refractivity contribution in [1.82, 2.24) is 24.4 Å². The second-order valence-electron chi connectivity index (χ2n) is 7.96. The lowest BCUT2D eigenvalue weighted by molar-refractivity contribution is 0.261. The largest absolute Gasteiger partial charge is 0.504 e. The number of phenolic OH excluding ortho intramolecular Hbond substituents is 1. The minimum absolute atomic E-state index is 0.0330. The first-order valence-corrected chi connectivity index (χ1v) is 12.1. The third-order valence-corrected chi connectivity index (χ3v) is 5.89. The van der Waals surface area contributed by atoms with Crippen molar-refractivity contribution in [1.29, 1.82) is 0 Å². The van der Waals surface area contributed by atoms with Gasteiger partial charge in [0.2, 0.25) is 10.0 Å². The number of aromatic hydroxyl groups is 1. The number of ether oxygens (including phenoxy) is 1. The van der Waals surface area contributed by atoms with Crippen LogP contribution in [0.2, 0.25) is 0 Å². The Morgan fingerprint density at radius 1 is 1.23 bits per heavy atom. The molecular formula is C20H31N5O4S. The van der Waals surface area contributed by atoms with Crippen LogP contribution in [0.1, 0.15) is 44.0 Å². The number of benzene rings is 1. The van der Waals surface area contributed by atoms with E-state index in [9.17, 15) is 13.5 Å². The fraction of sp³-hybridized carbons (Fsp3) is 0.600. The fourth-order valence-corrected chi connectivity index (χ4v) is 4.54. The average molecular weight is 438 g/mol. The van der Waals surface area contributed by atoms with Crippen molar-refractivity contribution < 1.29 is 18.3 Å². The summed E-state index contributed by atoms with van der Waals surface area (Å²) in [5, 5.41) is 19.1. The van der Waals surface area contributed by atoms with E-state index in [0.29, 0.717) is 37.7 Å². The highest BCUT2D eigenvalue weighted by molar-refractivity contribution is 7.88. The predicted molar refractivity (Wildman–Crippen MR) is 114 cm³/mol. The molecule has 0 aliphatic carbocycles. The first-order valence-electron chi connectivity index (χ1n) is 10.2. The van der Waals surface area contributed by atoms with Gasteiger partial charge in [-0.15, -0.1) is 10.2 Å². The number of hydrogen-bond acceptors (Lipinski definition) is 7. The van der Waals surface area contributed by atoms with Gasteiger partial charge in [-0.25, -0.2) is 13.1 Å². The molecule has 0 spiro atoms. The maximum Gasteiger partial charge on any atom is 0.209 e. The maximum atomic E-state index is 11.8. The van der Waals surface area contributed by atoms with E-state index in [0.717, 1.165) is 30.7 Å². The van der Waals surface area contributed by atoms with Crippen LogP contribution in [0.5, 0.6) is 11.5 Å². The summed E-state index contributed by atoms with van der Waals surface area (Å²) in [7, 11) is -3.38. The maximum absolute atomic E-state index is 11.8. The molecule has 30 heavy (non-hydrogen) atoms. The summed E-state index contributed by atoms with van der Waals surface area (Å²) >= 11 is 0. The van der Waals surface area contributed by atoms with Crippen molar-refractivity contribution in [3.63, 3.8) is 0 Å². The number of hydrogen-bond donors (Lipinski definition) is 2. The average Bonchev–Trinajstić information content (AvgIpc) is 2.96. The molecule has 10 heteroatoms. The van der Waals surface area contributed by atoms with Gasteiger partial charge in [0.05, 0.1) is 18.9 Å². The lowest BCUT2D eigenvalue weighted by Gasteiger charge is -2.23. The van der Waals surface area contributed by atoms with Crippen LogP contribution in [-0.2, 0) is 29.5 Å². The van der Waals surface area contributed by atoms with Crippen molar-refractivity contribution in [2.24, 2.45) is 5.92 Å². The summed E-state index contributed by atoms with van der Waals surface area (Å²) in [6.45, 7) is 9.05. The Balaban J connectivity index is 1.76. The normalized spacial score (nSPS) is 16.3. The third-order valence-electron chi connectivity index (χ3n) is 5.21. The van der Waals surface area contributed by atoms with E-state index < -0.39 is 16.1 Å². The molecule has 0 saturated heterocycles. The van der Waals surface area contributed by atoms with E-state index >= 15 is 0 Å². The lowest BCUT2D eigenvalue weighted by Crippen LogP contribution is -2.33. The van der Waals surface area contributed by atoms with Gasteiger partial charge in [-0.3, -0.25) is 4.90 Å². The molecule has 9 nitrogen and oxygen atoms in total. The Bertz CT molecular complexity index is 974. The predicted octanol–water partition coefficient (Wildman–Crippen LogP) is 1.69. The van der Waals surface area contributed by atoms with Gasteiger partial charge >= 0.3 is 0 Å². The van der Waals surface area contributed by atoms with E-state index in [1.165, 1.54) is 0 Å². The number of rotatable bonds is 8. The fourth-order valence-electron chi connectivity index (χ4n) is 3.70. The second kappa shape index (κ2) is 9.32. The Labute approximate surface area is 178 Å². The van der Waals surface area contributed by atoms with Crippen molar-refractivity contribution in [3.05, 3.63) is 35.4 Å². The summed E-state index contributed by atoms with van der Waals surface area (Å²) in [6.07, 6.45) is 1.86. The van der Waals surface area contributed by atoms with Crippen LogP contribution in [0.4, 0.5) is 0 Å². The van der Waals surface area contributed by atoms with Crippen LogP contribution in [-0.4, -0.2) is 59.1 Å². The molecular weight excluding hydrogens is 406 g/mol. The third kappa shape index (κ3) is 5.30. The summed E-state index contributed by atoms with van der Waals surface area (Å²) in [5.41, 5.74) is 0.817. The molecule has 0 amide bonds. The van der Waals surface area contributed by atoms with Crippen molar-refractivity contribution in [2.75, 3.05) is 26.0 Å². The van der Waals surface area contributed by atoms with Gasteiger partial charge in [0, 0.05) is 38.2 Å². The number of para-hydroxylation sites is 1. The number of aromatic nitrogens is 3. The smallest absolute Gasteiger partial charge is 0.209 e. The molecule has 1 aliphatic heterocycles. The SMILES string of the molecule is CCOc1cccc(CN2CCc3nnc([C@H](NS(C)(=O)=O)C(C)C)n3CC2)c1O. The van der Waals surface area contributed by atoms with Crippen LogP contribution >= 0.6 is 0 Å². The summed E-state index contributed by atoms with van der Waals surface area (Å²) in [6, 6.07) is 5.12. The van der Waals surface area contributed by atoms with Gasteiger partial charge in [0.15, 0.2) is 17.3 Å². The Morgan fingerprint density at radius 2 is 2.00 bits per heavy atom. The van der Waals surface area contributed by atoms with Crippen molar-refractivity contribution in [3.8, 4) is 11.5 Å². The summed E-state index contributed by atoms with van der Waals surface area (Å²) in [5.74, 6) is 2.21. The molecule has 0 fully saturated rings. The molecule has 1 aromatic heterocycles. The van der Waals surface area contributed by atoms with Crippen LogP contribution in [0, 0.1) is 5.92 Å². The van der Waals surface area contributed by atoms with E-state index in [2.05, 4.69) is 19.8 Å². The summed E-state index contributed by atoms with van der Waals surface area (Å²) in [4.78, 5) is 2.25. The van der Waals surface area contributed by atoms with Crippen LogP contribution in [0.25, 0.3) is 0 Å². The number of fused-ring (bicyclic) bond motifs is 1. The highest BCUT2D eigenvalue weighted by Gasteiger charge is 2.28. The van der Waals surface area contributed by atoms with Gasteiger partial charge < -0.3 is 14.4 Å². The highest BCUT2D eigenvalue weighted by atomic mass is 32.2. The second-order valence-corrected chi connectivity index (χ2v) is 9.74. The lowest BCUT2D eigenvalue weighted by atomic mass is 10.1. The van der Waals surface area contributed by atoms with E-state index in [1.807, 2.05) is 37.5 Å². The van der Waals surface area contributed by atoms with Crippen molar-refractivity contribution in [2.45, 2.75) is 46.3 Å². The van der Waals surface area contributed by atoms with Crippen LogP contribution in [0.15, 0.2) is 18.2 Å². The zero-order valence-electron chi connectivity index (χ0n) is 18.0. The minimum Gasteiger partial charge on any atom is -0.504 e. The van der Waals surface area contributed by atoms with Gasteiger partial charge in [-0.05, 0) is 18.9 Å². The molecule has 1 atom stereocenters. The molecule has 2 aromatic rings. The molecule has 166 valence electrons. The first kappa shape index (κ1) is 22.5. The Hall–Kier alpha value is -2.17. The first-order chi connectivity index (χ1) is 14.2. The zero-order valence-corrected chi connectivity index (χ0v) is 18.8. The number of nitrogens with zero attached hydrogens (tertiary/aromatic N) is 4. The quantitative estimate of drug-likeness (QED) is 0.647. The highest BCUT2D eigenvalue weighted by Crippen LogP contribution is 2.31. The standard InChI is InChI=1S/C20H31N5O4S/c1-5-29-16-8-6-7-15(19(16)26)13-24-10-9-17-21-22-20(25(17)12-11-24)18(14(2)3)23-30(4,27)28/h6-8,14,18,23,26H,5,9-13H2,1-4H3/t18-/m1/s1. The molecule has 2 N–H and O–H groups in total. The number of nitrogens with one attached hydrogen (secondary N) is 1. The molecule has 1 aliphatic rings. The molecule has 1 aromatic carbocycles. The van der Waals surface area contributed by atoms with Gasteiger partial charge in [0.1, 0.15) is 5.82 Å². The molecule has 0 bridgehead atoms. The van der Waals surface area contributed by atoms with Crippen molar-refractivity contribution >= 4 is 10.0 Å². The van der Waals surface area contributed by atoms with Gasteiger partial charge in [-0.1, -0.05) is 26.0 Å².